The van der Waals surface area contributed by atoms with Crippen molar-refractivity contribution in [1.82, 2.24) is 10.2 Å². The molecule has 1 saturated heterocycles. The summed E-state index contributed by atoms with van der Waals surface area (Å²) in [5.74, 6) is 0.0303. The van der Waals surface area contributed by atoms with Gasteiger partial charge in [0.25, 0.3) is 0 Å². The molecule has 0 aromatic heterocycles. The maximum absolute atomic E-state index is 12.3. The van der Waals surface area contributed by atoms with Gasteiger partial charge in [-0.25, -0.2) is 0 Å². The predicted molar refractivity (Wildman–Crippen MR) is 85.1 cm³/mol. The van der Waals surface area contributed by atoms with Crippen LogP contribution in [0.1, 0.15) is 36.8 Å². The monoisotopic (exact) mass is 300 g/mol. The zero-order valence-electron chi connectivity index (χ0n) is 13.2. The van der Waals surface area contributed by atoms with E-state index in [1.165, 1.54) is 12.0 Å². The van der Waals surface area contributed by atoms with E-state index in [0.717, 1.165) is 37.9 Å². The van der Waals surface area contributed by atoms with Gasteiger partial charge in [0.1, 0.15) is 0 Å². The molecule has 0 bridgehead atoms. The summed E-state index contributed by atoms with van der Waals surface area (Å²) in [5, 5.41) is 2.98. The normalized spacial score (nSPS) is 24.0. The summed E-state index contributed by atoms with van der Waals surface area (Å²) in [7, 11) is 0. The Labute approximate surface area is 131 Å². The van der Waals surface area contributed by atoms with E-state index < -0.39 is 0 Å². The van der Waals surface area contributed by atoms with Crippen LogP contribution in [0.2, 0.25) is 0 Å². The van der Waals surface area contributed by atoms with Crippen molar-refractivity contribution in [2.24, 2.45) is 11.8 Å². The molecule has 1 aliphatic heterocycles. The number of nitrogens with one attached hydrogen (secondary N) is 1. The van der Waals surface area contributed by atoms with E-state index >= 15 is 0 Å². The van der Waals surface area contributed by atoms with E-state index in [4.69, 9.17) is 0 Å². The van der Waals surface area contributed by atoms with Crippen LogP contribution in [0.5, 0.6) is 0 Å². The van der Waals surface area contributed by atoms with Gasteiger partial charge in [-0.1, -0.05) is 24.3 Å². The Bertz CT molecular complexity index is 564. The van der Waals surface area contributed by atoms with Crippen molar-refractivity contribution in [3.8, 4) is 0 Å². The minimum absolute atomic E-state index is 0.0265. The number of carbonyl (C=O) groups excluding carboxylic acids is 2. The highest BCUT2D eigenvalue weighted by Gasteiger charge is 2.49. The summed E-state index contributed by atoms with van der Waals surface area (Å²) in [6.45, 7) is 4.33. The average Bonchev–Trinajstić information content (AvgIpc) is 3.35. The molecule has 2 aliphatic rings. The van der Waals surface area contributed by atoms with Gasteiger partial charge in [0.2, 0.25) is 11.8 Å². The molecular weight excluding hydrogens is 276 g/mol. The van der Waals surface area contributed by atoms with Gasteiger partial charge < -0.3 is 10.2 Å². The van der Waals surface area contributed by atoms with Crippen LogP contribution in [0.25, 0.3) is 0 Å². The first-order chi connectivity index (χ1) is 10.7. The number of amides is 2. The largest absolute Gasteiger partial charge is 0.352 e. The molecule has 118 valence electrons. The number of benzene rings is 1. The van der Waals surface area contributed by atoms with E-state index in [0.29, 0.717) is 6.54 Å². The lowest BCUT2D eigenvalue weighted by Gasteiger charge is -2.26. The minimum atomic E-state index is -0.113. The second kappa shape index (κ2) is 6.51. The fourth-order valence-corrected chi connectivity index (χ4v) is 3.23. The molecule has 4 nitrogen and oxygen atoms in total. The molecule has 3 rings (SSSR count). The maximum atomic E-state index is 12.3. The van der Waals surface area contributed by atoms with Crippen LogP contribution in [0, 0.1) is 18.8 Å². The van der Waals surface area contributed by atoms with E-state index in [9.17, 15) is 9.59 Å². The van der Waals surface area contributed by atoms with Gasteiger partial charge in [-0.3, -0.25) is 9.59 Å². The number of aryl methyl sites for hydroxylation is 1. The van der Waals surface area contributed by atoms with Crippen molar-refractivity contribution in [2.45, 2.75) is 39.2 Å². The first kappa shape index (κ1) is 15.1. The maximum Gasteiger partial charge on any atom is 0.226 e. The van der Waals surface area contributed by atoms with E-state index in [1.54, 1.807) is 0 Å². The molecule has 1 aromatic carbocycles. The van der Waals surface area contributed by atoms with Crippen LogP contribution in [0.3, 0.4) is 0 Å². The van der Waals surface area contributed by atoms with Crippen LogP contribution in [-0.4, -0.2) is 29.8 Å². The van der Waals surface area contributed by atoms with Gasteiger partial charge >= 0.3 is 0 Å². The standard InChI is InChI=1S/C18H24N2O2/c1-13-7-3-4-8-14(13)12-19-17(21)15-11-16(15)18(22)20-9-5-2-6-10-20/h3-4,7-8,15-16H,2,5-6,9-12H2,1H3,(H,19,21). The fraction of sp³-hybridized carbons (Fsp3) is 0.556. The number of piperidine rings is 1. The van der Waals surface area contributed by atoms with Crippen LogP contribution >= 0.6 is 0 Å². The molecule has 0 radical (unpaired) electrons. The van der Waals surface area contributed by atoms with Gasteiger partial charge in [0.05, 0.1) is 11.8 Å². The summed E-state index contributed by atoms with van der Waals surface area (Å²) in [6.07, 6.45) is 4.13. The molecule has 2 unspecified atom stereocenters. The highest BCUT2D eigenvalue weighted by Crippen LogP contribution is 2.40. The number of nitrogens with zero attached hydrogens (tertiary/aromatic N) is 1. The van der Waals surface area contributed by atoms with Crippen molar-refractivity contribution in [3.05, 3.63) is 35.4 Å². The summed E-state index contributed by atoms with van der Waals surface area (Å²) < 4.78 is 0. The molecule has 4 heteroatoms. The number of rotatable bonds is 4. The first-order valence-corrected chi connectivity index (χ1v) is 8.28. The number of carbonyl (C=O) groups is 2. The molecule has 1 N–H and O–H groups in total. The molecule has 2 amide bonds. The van der Waals surface area contributed by atoms with Crippen molar-refractivity contribution in [2.75, 3.05) is 13.1 Å². The summed E-state index contributed by atoms with van der Waals surface area (Å²) in [6, 6.07) is 8.04. The minimum Gasteiger partial charge on any atom is -0.352 e. The quantitative estimate of drug-likeness (QED) is 0.927. The van der Waals surface area contributed by atoms with Gasteiger partial charge in [-0.05, 0) is 43.7 Å². The van der Waals surface area contributed by atoms with Crippen LogP contribution < -0.4 is 5.32 Å². The molecule has 2 fully saturated rings. The molecule has 0 spiro atoms. The molecule has 1 aromatic rings. The van der Waals surface area contributed by atoms with Crippen LogP contribution in [-0.2, 0) is 16.1 Å². The van der Waals surface area contributed by atoms with Gasteiger partial charge in [-0.2, -0.15) is 0 Å². The van der Waals surface area contributed by atoms with Gasteiger partial charge in [-0.15, -0.1) is 0 Å². The third kappa shape index (κ3) is 3.32. The summed E-state index contributed by atoms with van der Waals surface area (Å²) in [5.41, 5.74) is 2.31. The molecule has 22 heavy (non-hydrogen) atoms. The van der Waals surface area contributed by atoms with Gasteiger partial charge in [0, 0.05) is 19.6 Å². The Morgan fingerprint density at radius 1 is 1.14 bits per heavy atom. The van der Waals surface area contributed by atoms with E-state index in [2.05, 4.69) is 5.32 Å². The highest BCUT2D eigenvalue weighted by molar-refractivity contribution is 5.92. The second-order valence-electron chi connectivity index (χ2n) is 6.48. The smallest absolute Gasteiger partial charge is 0.226 e. The third-order valence-electron chi connectivity index (χ3n) is 4.83. The van der Waals surface area contributed by atoms with Crippen molar-refractivity contribution < 1.29 is 9.59 Å². The lowest BCUT2D eigenvalue weighted by Crippen LogP contribution is -2.38. The van der Waals surface area contributed by atoms with E-state index in [-0.39, 0.29) is 23.7 Å². The lowest BCUT2D eigenvalue weighted by molar-refractivity contribution is -0.135. The van der Waals surface area contributed by atoms with Crippen molar-refractivity contribution in [1.29, 1.82) is 0 Å². The first-order valence-electron chi connectivity index (χ1n) is 8.28. The number of hydrogen-bond acceptors (Lipinski definition) is 2. The van der Waals surface area contributed by atoms with Gasteiger partial charge in [0.15, 0.2) is 0 Å². The van der Waals surface area contributed by atoms with E-state index in [1.807, 2.05) is 36.1 Å². The molecular formula is C18H24N2O2. The second-order valence-corrected chi connectivity index (χ2v) is 6.48. The lowest BCUT2D eigenvalue weighted by atomic mass is 10.1. The Hall–Kier alpha value is -1.84. The zero-order valence-corrected chi connectivity index (χ0v) is 13.2. The highest BCUT2D eigenvalue weighted by atomic mass is 16.2. The fourth-order valence-electron chi connectivity index (χ4n) is 3.23. The predicted octanol–water partition coefficient (Wildman–Crippen LogP) is 2.26. The summed E-state index contributed by atoms with van der Waals surface area (Å²) >= 11 is 0. The molecule has 1 aliphatic carbocycles. The molecule has 1 heterocycles. The zero-order chi connectivity index (χ0) is 15.5. The topological polar surface area (TPSA) is 49.4 Å². The Balaban J connectivity index is 1.48. The van der Waals surface area contributed by atoms with Crippen molar-refractivity contribution >= 4 is 11.8 Å². The average molecular weight is 300 g/mol. The van der Waals surface area contributed by atoms with Crippen molar-refractivity contribution in [3.63, 3.8) is 0 Å². The Kier molecular flexibility index (Phi) is 4.46. The molecule has 2 atom stereocenters. The van der Waals surface area contributed by atoms with Crippen LogP contribution in [0.15, 0.2) is 24.3 Å². The Morgan fingerprint density at radius 3 is 2.59 bits per heavy atom. The summed E-state index contributed by atoms with van der Waals surface area (Å²) in [4.78, 5) is 26.5. The Morgan fingerprint density at radius 2 is 1.86 bits per heavy atom. The third-order valence-corrected chi connectivity index (χ3v) is 4.83. The molecule has 1 saturated carbocycles. The van der Waals surface area contributed by atoms with Crippen LogP contribution in [0.4, 0.5) is 0 Å². The number of hydrogen-bond donors (Lipinski definition) is 1. The SMILES string of the molecule is Cc1ccccc1CNC(=O)C1CC1C(=O)N1CCCCC1. The number of likely N-dealkylation sites (tertiary alicyclic amines) is 1.